The molecule has 2 aliphatic heterocycles. The predicted octanol–water partition coefficient (Wildman–Crippen LogP) is 3.07. The molecular weight excluding hydrogens is 427 g/mol. The van der Waals surface area contributed by atoms with Crippen molar-refractivity contribution in [1.29, 1.82) is 0 Å². The molecule has 2 aliphatic rings. The summed E-state index contributed by atoms with van der Waals surface area (Å²) in [7, 11) is -3.13. The number of carbonyl (C=O) groups excluding carboxylic acids is 1. The van der Waals surface area contributed by atoms with E-state index < -0.39 is 9.84 Å². The van der Waals surface area contributed by atoms with Gasteiger partial charge in [0.25, 0.3) is 5.91 Å². The van der Waals surface area contributed by atoms with Gasteiger partial charge in [0.15, 0.2) is 15.0 Å². The monoisotopic (exact) mass is 448 g/mol. The molecule has 30 heavy (non-hydrogen) atoms. The van der Waals surface area contributed by atoms with Crippen LogP contribution in [-0.2, 0) is 21.1 Å². The van der Waals surface area contributed by atoms with Crippen molar-refractivity contribution in [3.05, 3.63) is 59.9 Å². The van der Waals surface area contributed by atoms with Crippen LogP contribution in [0.4, 0.5) is 10.1 Å². The van der Waals surface area contributed by atoms with Gasteiger partial charge in [-0.3, -0.25) is 4.79 Å². The smallest absolute Gasteiger partial charge is 0.252 e. The molecule has 0 spiro atoms. The van der Waals surface area contributed by atoms with Crippen LogP contribution < -0.4 is 9.64 Å². The Labute approximate surface area is 179 Å². The summed E-state index contributed by atoms with van der Waals surface area (Å²) in [5.74, 6) is 0.0985. The average Bonchev–Trinajstić information content (AvgIpc) is 3.15. The lowest BCUT2D eigenvalue weighted by molar-refractivity contribution is -0.117. The second-order valence-electron chi connectivity index (χ2n) is 7.19. The van der Waals surface area contributed by atoms with Gasteiger partial charge in [-0.2, -0.15) is 4.99 Å². The molecule has 2 aromatic rings. The summed E-state index contributed by atoms with van der Waals surface area (Å²) in [6, 6.07) is 12.8. The Bertz CT molecular complexity index is 1070. The summed E-state index contributed by atoms with van der Waals surface area (Å²) in [5, 5.41) is 0.329. The number of hydrogen-bond acceptors (Lipinski definition) is 5. The fraction of sp³-hybridized carbons (Fsp3) is 0.333. The first-order valence-corrected chi connectivity index (χ1v) is 12.3. The number of aliphatic imine (C=N–C) groups is 1. The summed E-state index contributed by atoms with van der Waals surface area (Å²) in [6.45, 7) is 2.45. The normalized spacial score (nSPS) is 23.5. The molecule has 2 aromatic carbocycles. The van der Waals surface area contributed by atoms with Crippen molar-refractivity contribution in [3.8, 4) is 5.75 Å². The number of hydrogen-bond donors (Lipinski definition) is 0. The number of sulfone groups is 1. The van der Waals surface area contributed by atoms with E-state index >= 15 is 0 Å². The van der Waals surface area contributed by atoms with E-state index in [4.69, 9.17) is 4.74 Å². The van der Waals surface area contributed by atoms with Crippen molar-refractivity contribution in [2.24, 2.45) is 4.99 Å². The molecule has 9 heteroatoms. The van der Waals surface area contributed by atoms with Gasteiger partial charge in [-0.1, -0.05) is 23.9 Å². The molecular formula is C21H21FN2O4S2. The summed E-state index contributed by atoms with van der Waals surface area (Å²) in [6.07, 6.45) is 0.0507. The summed E-state index contributed by atoms with van der Waals surface area (Å²) in [5.41, 5.74) is 1.44. The lowest BCUT2D eigenvalue weighted by Crippen LogP contribution is -2.37. The summed E-state index contributed by atoms with van der Waals surface area (Å²) in [4.78, 5) is 18.7. The van der Waals surface area contributed by atoms with Crippen LogP contribution in [0.3, 0.4) is 0 Å². The number of amides is 1. The maximum absolute atomic E-state index is 13.1. The third-order valence-electron chi connectivity index (χ3n) is 4.98. The molecule has 2 fully saturated rings. The number of fused-ring (bicyclic) bond motifs is 1. The molecule has 1 amide bonds. The largest absolute Gasteiger partial charge is 0.494 e. The number of anilines is 1. The molecule has 0 radical (unpaired) electrons. The molecule has 0 aliphatic carbocycles. The van der Waals surface area contributed by atoms with E-state index in [-0.39, 0.29) is 40.9 Å². The molecule has 0 aromatic heterocycles. The van der Waals surface area contributed by atoms with Crippen LogP contribution in [-0.4, -0.2) is 48.9 Å². The number of rotatable bonds is 5. The summed E-state index contributed by atoms with van der Waals surface area (Å²) >= 11 is 1.33. The average molecular weight is 449 g/mol. The first-order chi connectivity index (χ1) is 14.3. The molecule has 2 heterocycles. The Balaban J connectivity index is 1.61. The zero-order valence-corrected chi connectivity index (χ0v) is 18.0. The van der Waals surface area contributed by atoms with Gasteiger partial charge in [0.1, 0.15) is 11.6 Å². The number of halogens is 1. The van der Waals surface area contributed by atoms with Crippen LogP contribution in [0.1, 0.15) is 12.5 Å². The van der Waals surface area contributed by atoms with Crippen LogP contribution in [0.5, 0.6) is 5.75 Å². The van der Waals surface area contributed by atoms with Crippen molar-refractivity contribution in [2.45, 2.75) is 24.6 Å². The standard InChI is InChI=1S/C21H21FN2O4S2/c1-2-28-17-9-7-16(8-10-17)24-18-12-30(26,27)13-19(18)29-21(24)23-20(25)11-14-3-5-15(22)6-4-14/h3-10,18-19H,2,11-13H2,1H3/t18-,19-/m0/s1. The zero-order valence-electron chi connectivity index (χ0n) is 16.3. The molecule has 0 saturated carbocycles. The van der Waals surface area contributed by atoms with Crippen molar-refractivity contribution in [2.75, 3.05) is 23.0 Å². The molecule has 0 N–H and O–H groups in total. The van der Waals surface area contributed by atoms with Crippen molar-refractivity contribution in [3.63, 3.8) is 0 Å². The SMILES string of the molecule is CCOc1ccc(N2C(=NC(=O)Cc3ccc(F)cc3)S[C@H]3CS(=O)(=O)C[C@@H]32)cc1. The minimum atomic E-state index is -3.13. The van der Waals surface area contributed by atoms with Gasteiger partial charge in [-0.05, 0) is 48.9 Å². The summed E-state index contributed by atoms with van der Waals surface area (Å²) < 4.78 is 42.9. The fourth-order valence-corrected chi connectivity index (χ4v) is 7.59. The van der Waals surface area contributed by atoms with E-state index in [0.29, 0.717) is 17.3 Å². The predicted molar refractivity (Wildman–Crippen MR) is 116 cm³/mol. The zero-order chi connectivity index (χ0) is 21.3. The third kappa shape index (κ3) is 4.52. The van der Waals surface area contributed by atoms with Gasteiger partial charge >= 0.3 is 0 Å². The van der Waals surface area contributed by atoms with Gasteiger partial charge in [0.2, 0.25) is 0 Å². The first kappa shape index (κ1) is 20.9. The Morgan fingerprint density at radius 3 is 2.53 bits per heavy atom. The van der Waals surface area contributed by atoms with Crippen molar-refractivity contribution < 1.29 is 22.3 Å². The van der Waals surface area contributed by atoms with E-state index in [1.807, 2.05) is 36.1 Å². The highest BCUT2D eigenvalue weighted by molar-refractivity contribution is 8.16. The highest BCUT2D eigenvalue weighted by Crippen LogP contribution is 2.41. The van der Waals surface area contributed by atoms with Gasteiger partial charge in [0, 0.05) is 10.9 Å². The van der Waals surface area contributed by atoms with E-state index in [9.17, 15) is 17.6 Å². The van der Waals surface area contributed by atoms with Gasteiger partial charge in [-0.25, -0.2) is 12.8 Å². The first-order valence-electron chi connectivity index (χ1n) is 9.60. The van der Waals surface area contributed by atoms with E-state index in [1.54, 1.807) is 12.1 Å². The Hall–Kier alpha value is -2.39. The van der Waals surface area contributed by atoms with Crippen LogP contribution >= 0.6 is 11.8 Å². The van der Waals surface area contributed by atoms with Crippen LogP contribution in [0, 0.1) is 5.82 Å². The minimum Gasteiger partial charge on any atom is -0.494 e. The van der Waals surface area contributed by atoms with E-state index in [2.05, 4.69) is 4.99 Å². The topological polar surface area (TPSA) is 76.0 Å². The Morgan fingerprint density at radius 2 is 1.87 bits per heavy atom. The Kier molecular flexibility index (Phi) is 5.84. The highest BCUT2D eigenvalue weighted by atomic mass is 32.2. The second-order valence-corrected chi connectivity index (χ2v) is 10.5. The van der Waals surface area contributed by atoms with Crippen LogP contribution in [0.15, 0.2) is 53.5 Å². The second kappa shape index (κ2) is 8.39. The van der Waals surface area contributed by atoms with Crippen LogP contribution in [0.25, 0.3) is 0 Å². The third-order valence-corrected chi connectivity index (χ3v) is 8.19. The molecule has 2 saturated heterocycles. The van der Waals surface area contributed by atoms with Gasteiger partial charge in [-0.15, -0.1) is 0 Å². The number of thioether (sulfide) groups is 1. The molecule has 0 bridgehead atoms. The van der Waals surface area contributed by atoms with Crippen molar-refractivity contribution >= 4 is 38.4 Å². The molecule has 158 valence electrons. The highest BCUT2D eigenvalue weighted by Gasteiger charge is 2.49. The van der Waals surface area contributed by atoms with Gasteiger partial charge in [0.05, 0.1) is 30.6 Å². The molecule has 2 atom stereocenters. The fourth-order valence-electron chi connectivity index (χ4n) is 3.66. The molecule has 6 nitrogen and oxygen atoms in total. The molecule has 0 unspecified atom stereocenters. The minimum absolute atomic E-state index is 0.0308. The maximum atomic E-state index is 13.1. The lowest BCUT2D eigenvalue weighted by atomic mass is 10.1. The number of nitrogens with zero attached hydrogens (tertiary/aromatic N) is 2. The van der Waals surface area contributed by atoms with Crippen molar-refractivity contribution in [1.82, 2.24) is 0 Å². The Morgan fingerprint density at radius 1 is 1.17 bits per heavy atom. The maximum Gasteiger partial charge on any atom is 0.252 e. The quantitative estimate of drug-likeness (QED) is 0.700. The number of ether oxygens (including phenoxy) is 1. The van der Waals surface area contributed by atoms with Crippen LogP contribution in [0.2, 0.25) is 0 Å². The number of benzene rings is 2. The van der Waals surface area contributed by atoms with Gasteiger partial charge < -0.3 is 9.64 Å². The lowest BCUT2D eigenvalue weighted by Gasteiger charge is -2.24. The number of carbonyl (C=O) groups is 1. The number of amidine groups is 1. The van der Waals surface area contributed by atoms with E-state index in [1.165, 1.54) is 23.9 Å². The molecule has 4 rings (SSSR count). The van der Waals surface area contributed by atoms with E-state index in [0.717, 1.165) is 11.4 Å².